The second-order valence-electron chi connectivity index (χ2n) is 8.31. The van der Waals surface area contributed by atoms with Gasteiger partial charge >= 0.3 is 6.30 Å². The van der Waals surface area contributed by atoms with E-state index in [9.17, 15) is 22.8 Å². The number of rotatable bonds is 4. The molecule has 0 spiro atoms. The number of aromatic nitrogens is 3. The summed E-state index contributed by atoms with van der Waals surface area (Å²) in [5.41, 5.74) is -2.04. The van der Waals surface area contributed by atoms with Crippen molar-refractivity contribution >= 4 is 28.6 Å². The van der Waals surface area contributed by atoms with Crippen LogP contribution in [-0.4, -0.2) is 58.6 Å². The van der Waals surface area contributed by atoms with E-state index < -0.39 is 33.5 Å². The Hall–Kier alpha value is -4.11. The Morgan fingerprint density at radius 1 is 1.22 bits per heavy atom. The second-order valence-corrected chi connectivity index (χ2v) is 8.31. The Labute approximate surface area is 204 Å². The van der Waals surface area contributed by atoms with Gasteiger partial charge in [-0.1, -0.05) is 5.92 Å². The fourth-order valence-corrected chi connectivity index (χ4v) is 3.57. The number of ether oxygens (including phenoxy) is 1. The molecule has 2 aromatic heterocycles. The van der Waals surface area contributed by atoms with E-state index in [0.29, 0.717) is 11.4 Å². The maximum Gasteiger partial charge on any atom is 0.493 e. The molecule has 1 amide bonds. The lowest BCUT2D eigenvalue weighted by Crippen LogP contribution is -2.34. The summed E-state index contributed by atoms with van der Waals surface area (Å²) >= 11 is 0. The van der Waals surface area contributed by atoms with Gasteiger partial charge in [0.15, 0.2) is 5.65 Å². The van der Waals surface area contributed by atoms with Crippen LogP contribution in [-0.2, 0) is 11.1 Å². The minimum Gasteiger partial charge on any atom is -0.490 e. The number of benzene rings is 1. The number of carbonyl (C=O) groups excluding carboxylic acids is 1. The molecule has 1 saturated heterocycles. The number of carbonyl (C=O) groups is 1. The summed E-state index contributed by atoms with van der Waals surface area (Å²) < 4.78 is 47.0. The van der Waals surface area contributed by atoms with E-state index in [0.717, 1.165) is 43.1 Å². The maximum absolute atomic E-state index is 13.8. The van der Waals surface area contributed by atoms with Gasteiger partial charge in [-0.3, -0.25) is 9.59 Å². The summed E-state index contributed by atoms with van der Waals surface area (Å²) in [6.07, 6.45) is -1.97. The molecule has 0 atom stereocenters. The predicted octanol–water partition coefficient (Wildman–Crippen LogP) is 2.58. The second kappa shape index (κ2) is 10.2. The van der Waals surface area contributed by atoms with E-state index in [2.05, 4.69) is 32.4 Å². The third kappa shape index (κ3) is 5.75. The van der Waals surface area contributed by atoms with Crippen LogP contribution in [0.15, 0.2) is 41.3 Å². The smallest absolute Gasteiger partial charge is 0.490 e. The van der Waals surface area contributed by atoms with Crippen molar-refractivity contribution < 1.29 is 22.7 Å². The van der Waals surface area contributed by atoms with Crippen molar-refractivity contribution in [3.63, 3.8) is 0 Å². The molecule has 1 fully saturated rings. The van der Waals surface area contributed by atoms with Gasteiger partial charge in [-0.2, -0.15) is 9.55 Å². The standard InChI is InChI=1S/C24H23F3N6O3/c1-32(2)20(34)8-3-15-13-16-14-29-23(31-21(16)33(22(15)35)24(25,26)27)30-17-4-6-18(7-5-17)36-19-9-11-28-12-10-19/h4-7,13-14,19,28H,9-12H2,1-2H3,(H,29,30,31). The van der Waals surface area contributed by atoms with Crippen molar-refractivity contribution in [1.29, 1.82) is 0 Å². The van der Waals surface area contributed by atoms with Crippen molar-refractivity contribution in [2.75, 3.05) is 32.5 Å². The molecule has 2 N–H and O–H groups in total. The van der Waals surface area contributed by atoms with Gasteiger partial charge in [0.1, 0.15) is 11.9 Å². The largest absolute Gasteiger partial charge is 0.493 e. The molecule has 3 heterocycles. The third-order valence-corrected chi connectivity index (χ3v) is 5.40. The molecule has 0 aliphatic carbocycles. The lowest BCUT2D eigenvalue weighted by molar-refractivity contribution is -0.203. The van der Waals surface area contributed by atoms with Crippen LogP contribution < -0.4 is 20.9 Å². The predicted molar refractivity (Wildman–Crippen MR) is 127 cm³/mol. The Bertz CT molecular complexity index is 1380. The molecule has 188 valence electrons. The minimum absolute atomic E-state index is 0.0650. The first-order valence-electron chi connectivity index (χ1n) is 11.1. The fraction of sp³-hybridized carbons (Fsp3) is 0.333. The number of fused-ring (bicyclic) bond motifs is 1. The van der Waals surface area contributed by atoms with Crippen LogP contribution in [0.5, 0.6) is 5.75 Å². The van der Waals surface area contributed by atoms with Crippen LogP contribution >= 0.6 is 0 Å². The summed E-state index contributed by atoms with van der Waals surface area (Å²) in [4.78, 5) is 33.4. The van der Waals surface area contributed by atoms with Gasteiger partial charge in [-0.25, -0.2) is 4.98 Å². The van der Waals surface area contributed by atoms with E-state index >= 15 is 0 Å². The van der Waals surface area contributed by atoms with Crippen molar-refractivity contribution in [2.24, 2.45) is 0 Å². The summed E-state index contributed by atoms with van der Waals surface area (Å²) in [5.74, 6) is 4.27. The molecule has 36 heavy (non-hydrogen) atoms. The van der Waals surface area contributed by atoms with Crippen molar-refractivity contribution in [2.45, 2.75) is 25.2 Å². The highest BCUT2D eigenvalue weighted by molar-refractivity contribution is 5.94. The van der Waals surface area contributed by atoms with Crippen LogP contribution in [0.1, 0.15) is 18.4 Å². The highest BCUT2D eigenvalue weighted by atomic mass is 19.4. The molecular weight excluding hydrogens is 477 g/mol. The Balaban J connectivity index is 1.63. The van der Waals surface area contributed by atoms with Gasteiger partial charge in [-0.15, -0.1) is 13.2 Å². The molecule has 12 heteroatoms. The van der Waals surface area contributed by atoms with E-state index in [1.807, 2.05) is 0 Å². The summed E-state index contributed by atoms with van der Waals surface area (Å²) in [7, 11) is 2.87. The van der Waals surface area contributed by atoms with Gasteiger partial charge in [0.25, 0.3) is 11.5 Å². The van der Waals surface area contributed by atoms with E-state index in [1.54, 1.807) is 24.3 Å². The van der Waals surface area contributed by atoms with Gasteiger partial charge in [0.05, 0.1) is 5.56 Å². The van der Waals surface area contributed by atoms with Crippen molar-refractivity contribution in [1.82, 2.24) is 24.8 Å². The van der Waals surface area contributed by atoms with Crippen LogP contribution in [0.4, 0.5) is 24.8 Å². The van der Waals surface area contributed by atoms with Gasteiger partial charge in [-0.05, 0) is 56.3 Å². The summed E-state index contributed by atoms with van der Waals surface area (Å²) in [6.45, 7) is 1.80. The van der Waals surface area contributed by atoms with Gasteiger partial charge < -0.3 is 20.3 Å². The number of anilines is 2. The first-order valence-corrected chi connectivity index (χ1v) is 11.1. The number of nitrogens with one attached hydrogen (secondary N) is 2. The minimum atomic E-state index is -5.07. The van der Waals surface area contributed by atoms with E-state index in [-0.39, 0.29) is 17.4 Å². The highest BCUT2D eigenvalue weighted by Gasteiger charge is 2.35. The number of hydrogen-bond acceptors (Lipinski definition) is 7. The number of pyridine rings is 1. The molecule has 9 nitrogen and oxygen atoms in total. The normalized spacial score (nSPS) is 14.1. The zero-order chi connectivity index (χ0) is 25.9. The molecule has 0 bridgehead atoms. The average molecular weight is 500 g/mol. The highest BCUT2D eigenvalue weighted by Crippen LogP contribution is 2.26. The molecule has 3 aromatic rings. The fourth-order valence-electron chi connectivity index (χ4n) is 3.57. The quantitative estimate of drug-likeness (QED) is 0.531. The number of nitrogens with zero attached hydrogens (tertiary/aromatic N) is 4. The molecular formula is C24H23F3N6O3. The molecule has 1 aliphatic rings. The van der Waals surface area contributed by atoms with Crippen molar-refractivity contribution in [3.8, 4) is 17.6 Å². The van der Waals surface area contributed by atoms with E-state index in [4.69, 9.17) is 4.74 Å². The molecule has 1 aliphatic heterocycles. The zero-order valence-electron chi connectivity index (χ0n) is 19.5. The summed E-state index contributed by atoms with van der Waals surface area (Å²) in [6, 6.07) is 8.02. The number of alkyl halides is 3. The van der Waals surface area contributed by atoms with Crippen molar-refractivity contribution in [3.05, 3.63) is 52.4 Å². The van der Waals surface area contributed by atoms with E-state index in [1.165, 1.54) is 14.1 Å². The first kappa shape index (κ1) is 25.0. The van der Waals surface area contributed by atoms with Crippen LogP contribution in [0.2, 0.25) is 0 Å². The number of piperidine rings is 1. The van der Waals surface area contributed by atoms with Crippen LogP contribution in [0, 0.1) is 11.8 Å². The first-order chi connectivity index (χ1) is 17.1. The molecule has 0 unspecified atom stereocenters. The average Bonchev–Trinajstić information content (AvgIpc) is 2.83. The lowest BCUT2D eigenvalue weighted by atomic mass is 10.1. The summed E-state index contributed by atoms with van der Waals surface area (Å²) in [5, 5.41) is 6.05. The van der Waals surface area contributed by atoms with Crippen LogP contribution in [0.3, 0.4) is 0 Å². The number of hydrogen-bond donors (Lipinski definition) is 2. The molecule has 0 saturated carbocycles. The number of halogens is 3. The Kier molecular flexibility index (Phi) is 7.12. The SMILES string of the molecule is CN(C)C(=O)C#Cc1cc2cnc(Nc3ccc(OC4CCNCC4)cc3)nc2n(C(F)(F)F)c1=O. The van der Waals surface area contributed by atoms with Crippen LogP contribution in [0.25, 0.3) is 11.0 Å². The monoisotopic (exact) mass is 500 g/mol. The molecule has 4 rings (SSSR count). The molecule has 0 radical (unpaired) electrons. The Morgan fingerprint density at radius 3 is 2.56 bits per heavy atom. The number of amides is 1. The topological polar surface area (TPSA) is 101 Å². The molecule has 1 aromatic carbocycles. The zero-order valence-corrected chi connectivity index (χ0v) is 19.5. The van der Waals surface area contributed by atoms with Gasteiger partial charge in [0.2, 0.25) is 5.95 Å². The Morgan fingerprint density at radius 2 is 1.92 bits per heavy atom. The maximum atomic E-state index is 13.8. The lowest BCUT2D eigenvalue weighted by Gasteiger charge is -2.23. The third-order valence-electron chi connectivity index (χ3n) is 5.40. The van der Waals surface area contributed by atoms with Gasteiger partial charge in [0, 0.05) is 37.3 Å².